The number of aromatic nitrogens is 2. The van der Waals surface area contributed by atoms with Crippen LogP contribution >= 0.6 is 0 Å². The minimum atomic E-state index is -0.983. The lowest BCUT2D eigenvalue weighted by Crippen LogP contribution is -2.42. The number of carbonyl (C=O) groups is 3. The number of aromatic amines is 1. The maximum atomic E-state index is 12.7. The van der Waals surface area contributed by atoms with E-state index in [1.807, 2.05) is 13.0 Å². The van der Waals surface area contributed by atoms with Crippen LogP contribution in [0.15, 0.2) is 18.2 Å². The molecular weight excluding hydrogens is 414 g/mol. The number of carbonyl (C=O) groups excluding carboxylic acids is 2. The van der Waals surface area contributed by atoms with Gasteiger partial charge in [0.2, 0.25) is 0 Å². The third-order valence-electron chi connectivity index (χ3n) is 5.45. The highest BCUT2D eigenvalue weighted by Crippen LogP contribution is 2.38. The predicted molar refractivity (Wildman–Crippen MR) is 119 cm³/mol. The quantitative estimate of drug-likeness (QED) is 0.504. The van der Waals surface area contributed by atoms with Gasteiger partial charge in [0.15, 0.2) is 0 Å². The summed E-state index contributed by atoms with van der Waals surface area (Å²) in [7, 11) is 0. The van der Waals surface area contributed by atoms with Crippen molar-refractivity contribution in [2.45, 2.75) is 58.1 Å². The molecule has 1 aliphatic rings. The Labute approximate surface area is 186 Å². The zero-order valence-electron chi connectivity index (χ0n) is 18.9. The van der Waals surface area contributed by atoms with E-state index in [0.29, 0.717) is 54.9 Å². The number of hydrogen-bond acceptors (Lipinski definition) is 5. The minimum absolute atomic E-state index is 0.280. The Morgan fingerprint density at radius 1 is 1.25 bits per heavy atom. The molecule has 10 nitrogen and oxygen atoms in total. The molecular formula is C22H31N5O5. The molecule has 0 bridgehead atoms. The first kappa shape index (κ1) is 23.4. The lowest BCUT2D eigenvalue weighted by Gasteiger charge is -2.31. The van der Waals surface area contributed by atoms with E-state index in [2.05, 4.69) is 20.6 Å². The number of carboxylic acid groups (broad SMARTS) is 1. The highest BCUT2D eigenvalue weighted by molar-refractivity contribution is 6.04. The molecule has 1 fully saturated rings. The molecule has 0 radical (unpaired) electrons. The monoisotopic (exact) mass is 445 g/mol. The highest BCUT2D eigenvalue weighted by Gasteiger charge is 2.43. The van der Waals surface area contributed by atoms with Crippen LogP contribution in [0.1, 0.15) is 63.1 Å². The molecule has 32 heavy (non-hydrogen) atoms. The molecule has 3 amide bonds. The first-order valence-corrected chi connectivity index (χ1v) is 10.8. The molecule has 4 N–H and O–H groups in total. The van der Waals surface area contributed by atoms with E-state index in [4.69, 9.17) is 4.74 Å². The number of nitrogens with one attached hydrogen (secondary N) is 3. The van der Waals surface area contributed by atoms with E-state index in [1.165, 1.54) is 4.90 Å². The number of benzene rings is 1. The van der Waals surface area contributed by atoms with Crippen LogP contribution < -0.4 is 10.6 Å². The fraction of sp³-hybridized carbons (Fsp3) is 0.545. The minimum Gasteiger partial charge on any atom is -0.465 e. The Bertz CT molecular complexity index is 1010. The number of likely N-dealkylation sites (tertiary alicyclic amines) is 1. The second kappa shape index (κ2) is 9.05. The van der Waals surface area contributed by atoms with E-state index >= 15 is 0 Å². The van der Waals surface area contributed by atoms with Crippen LogP contribution in [0.4, 0.5) is 9.59 Å². The second-order valence-electron chi connectivity index (χ2n) is 9.14. The number of ether oxygens (including phenoxy) is 1. The standard InChI is InChI=1S/C22H31N5O5/c1-21(2,3)32-19(29)24-12-7-11-23-17(28)14-8-5-9-15-16(14)26-18(25-15)22(4)10-6-13-27(22)20(30)31/h5,8-9H,6-7,10-13H2,1-4H3,(H,23,28)(H,24,29)(H,25,26)(H,30,31)/t22-/m0/s1. The van der Waals surface area contributed by atoms with Gasteiger partial charge in [-0.1, -0.05) is 6.07 Å². The van der Waals surface area contributed by atoms with E-state index in [0.717, 1.165) is 6.42 Å². The van der Waals surface area contributed by atoms with Crippen molar-refractivity contribution in [1.29, 1.82) is 0 Å². The molecule has 10 heteroatoms. The average Bonchev–Trinajstić information content (AvgIpc) is 3.30. The first-order chi connectivity index (χ1) is 15.0. The molecule has 174 valence electrons. The summed E-state index contributed by atoms with van der Waals surface area (Å²) in [6, 6.07) is 5.26. The summed E-state index contributed by atoms with van der Waals surface area (Å²) < 4.78 is 5.17. The van der Waals surface area contributed by atoms with Crippen LogP contribution in [0.5, 0.6) is 0 Å². The van der Waals surface area contributed by atoms with E-state index in [1.54, 1.807) is 32.9 Å². The summed E-state index contributed by atoms with van der Waals surface area (Å²) in [4.78, 5) is 45.3. The summed E-state index contributed by atoms with van der Waals surface area (Å²) in [5.41, 5.74) is 0.277. The van der Waals surface area contributed by atoms with E-state index < -0.39 is 23.3 Å². The fourth-order valence-electron chi connectivity index (χ4n) is 3.88. The van der Waals surface area contributed by atoms with Crippen LogP contribution in [-0.4, -0.2) is 63.3 Å². The van der Waals surface area contributed by atoms with Gasteiger partial charge in [0, 0.05) is 19.6 Å². The largest absolute Gasteiger partial charge is 0.465 e. The van der Waals surface area contributed by atoms with Crippen molar-refractivity contribution in [3.8, 4) is 0 Å². The molecule has 2 heterocycles. The van der Waals surface area contributed by atoms with Crippen molar-refractivity contribution in [2.75, 3.05) is 19.6 Å². The maximum absolute atomic E-state index is 12.7. The van der Waals surface area contributed by atoms with Crippen LogP contribution in [0.25, 0.3) is 11.0 Å². The number of alkyl carbamates (subject to hydrolysis) is 1. The van der Waals surface area contributed by atoms with Crippen molar-refractivity contribution in [3.05, 3.63) is 29.6 Å². The van der Waals surface area contributed by atoms with Gasteiger partial charge in [-0.3, -0.25) is 9.69 Å². The number of para-hydroxylation sites is 1. The number of imidazole rings is 1. The molecule has 3 rings (SSSR count). The van der Waals surface area contributed by atoms with Crippen molar-refractivity contribution in [1.82, 2.24) is 25.5 Å². The lowest BCUT2D eigenvalue weighted by molar-refractivity contribution is 0.0527. The Balaban J connectivity index is 1.63. The summed E-state index contributed by atoms with van der Waals surface area (Å²) in [6.45, 7) is 8.42. The Morgan fingerprint density at radius 3 is 2.66 bits per heavy atom. The Hall–Kier alpha value is -3.30. The lowest BCUT2D eigenvalue weighted by atomic mass is 9.98. The van der Waals surface area contributed by atoms with Crippen molar-refractivity contribution in [2.24, 2.45) is 0 Å². The Morgan fingerprint density at radius 2 is 1.97 bits per heavy atom. The smallest absolute Gasteiger partial charge is 0.408 e. The first-order valence-electron chi connectivity index (χ1n) is 10.8. The number of amides is 3. The van der Waals surface area contributed by atoms with Gasteiger partial charge in [-0.05, 0) is 59.1 Å². The molecule has 1 atom stereocenters. The van der Waals surface area contributed by atoms with Gasteiger partial charge >= 0.3 is 12.2 Å². The molecule has 0 saturated carbocycles. The normalized spacial score (nSPS) is 18.6. The van der Waals surface area contributed by atoms with Crippen LogP contribution in [0.2, 0.25) is 0 Å². The van der Waals surface area contributed by atoms with Crippen LogP contribution in [-0.2, 0) is 10.3 Å². The second-order valence-corrected chi connectivity index (χ2v) is 9.14. The third-order valence-corrected chi connectivity index (χ3v) is 5.45. The summed E-state index contributed by atoms with van der Waals surface area (Å²) in [5, 5.41) is 15.0. The number of rotatable bonds is 6. The maximum Gasteiger partial charge on any atom is 0.408 e. The van der Waals surface area contributed by atoms with Crippen molar-refractivity contribution >= 4 is 29.1 Å². The van der Waals surface area contributed by atoms with Gasteiger partial charge in [-0.2, -0.15) is 0 Å². The third kappa shape index (κ3) is 5.12. The topological polar surface area (TPSA) is 137 Å². The summed E-state index contributed by atoms with van der Waals surface area (Å²) >= 11 is 0. The average molecular weight is 446 g/mol. The van der Waals surface area contributed by atoms with Gasteiger partial charge < -0.3 is 25.5 Å². The SMILES string of the molecule is CC(C)(C)OC(=O)NCCCNC(=O)c1cccc2[nH]c([C@]3(C)CCCN3C(=O)O)nc12. The molecule has 0 aliphatic carbocycles. The van der Waals surface area contributed by atoms with Crippen LogP contribution in [0.3, 0.4) is 0 Å². The van der Waals surface area contributed by atoms with Gasteiger partial charge in [0.05, 0.1) is 11.1 Å². The van der Waals surface area contributed by atoms with Gasteiger partial charge in [-0.15, -0.1) is 0 Å². The Kier molecular flexibility index (Phi) is 6.61. The molecule has 1 aromatic carbocycles. The molecule has 1 saturated heterocycles. The van der Waals surface area contributed by atoms with Crippen molar-refractivity contribution < 1.29 is 24.2 Å². The molecule has 0 unspecified atom stereocenters. The number of H-pyrrole nitrogens is 1. The van der Waals surface area contributed by atoms with E-state index in [-0.39, 0.29) is 5.91 Å². The zero-order valence-corrected chi connectivity index (χ0v) is 18.9. The summed E-state index contributed by atoms with van der Waals surface area (Å²) in [5.74, 6) is 0.256. The highest BCUT2D eigenvalue weighted by atomic mass is 16.6. The van der Waals surface area contributed by atoms with Crippen LogP contribution in [0, 0.1) is 0 Å². The predicted octanol–water partition coefficient (Wildman–Crippen LogP) is 3.20. The van der Waals surface area contributed by atoms with Gasteiger partial charge in [0.1, 0.15) is 22.5 Å². The van der Waals surface area contributed by atoms with Gasteiger partial charge in [-0.25, -0.2) is 14.6 Å². The zero-order chi connectivity index (χ0) is 23.5. The number of fused-ring (bicyclic) bond motifs is 1. The number of nitrogens with zero attached hydrogens (tertiary/aromatic N) is 2. The molecule has 1 aliphatic heterocycles. The van der Waals surface area contributed by atoms with Gasteiger partial charge in [0.25, 0.3) is 5.91 Å². The molecule has 2 aromatic rings. The fourth-order valence-corrected chi connectivity index (χ4v) is 3.88. The molecule has 0 spiro atoms. The molecule has 1 aromatic heterocycles. The van der Waals surface area contributed by atoms with E-state index in [9.17, 15) is 19.5 Å². The number of hydrogen-bond donors (Lipinski definition) is 4. The summed E-state index contributed by atoms with van der Waals surface area (Å²) in [6.07, 6.45) is 0.477. The van der Waals surface area contributed by atoms with Crippen molar-refractivity contribution in [3.63, 3.8) is 0 Å².